The predicted octanol–water partition coefficient (Wildman–Crippen LogP) is 2.79. The number of nitro groups is 1. The van der Waals surface area contributed by atoms with E-state index in [1.54, 1.807) is 35.2 Å². The summed E-state index contributed by atoms with van der Waals surface area (Å²) in [5.41, 5.74) is 0.636. The van der Waals surface area contributed by atoms with Gasteiger partial charge in [-0.1, -0.05) is 17.7 Å². The lowest BCUT2D eigenvalue weighted by Gasteiger charge is -2.33. The van der Waals surface area contributed by atoms with Crippen LogP contribution in [0.4, 0.5) is 5.69 Å². The molecule has 1 aliphatic heterocycles. The van der Waals surface area contributed by atoms with E-state index in [1.807, 2.05) is 0 Å². The summed E-state index contributed by atoms with van der Waals surface area (Å²) in [6.07, 6.45) is 2.95. The number of carbonyl (C=O) groups is 1. The van der Waals surface area contributed by atoms with E-state index in [1.165, 1.54) is 34.6 Å². The molecular formula is C19H18ClN3O5S. The average Bonchev–Trinajstić information content (AvgIpc) is 2.72. The third-order valence-electron chi connectivity index (χ3n) is 4.51. The molecule has 0 radical (unpaired) electrons. The third-order valence-corrected chi connectivity index (χ3v) is 6.64. The molecule has 152 valence electrons. The Morgan fingerprint density at radius 3 is 2.31 bits per heavy atom. The molecule has 0 bridgehead atoms. The van der Waals surface area contributed by atoms with Gasteiger partial charge in [0.1, 0.15) is 0 Å². The van der Waals surface area contributed by atoms with Crippen molar-refractivity contribution >= 4 is 39.3 Å². The largest absolute Gasteiger partial charge is 0.337 e. The lowest BCUT2D eigenvalue weighted by molar-refractivity contribution is -0.384. The van der Waals surface area contributed by atoms with Crippen molar-refractivity contribution in [3.63, 3.8) is 0 Å². The molecule has 29 heavy (non-hydrogen) atoms. The van der Waals surface area contributed by atoms with Crippen molar-refractivity contribution in [3.05, 3.63) is 75.3 Å². The van der Waals surface area contributed by atoms with Gasteiger partial charge in [-0.2, -0.15) is 4.31 Å². The summed E-state index contributed by atoms with van der Waals surface area (Å²) in [6, 6.07) is 11.9. The summed E-state index contributed by atoms with van der Waals surface area (Å²) in [4.78, 5) is 24.2. The Morgan fingerprint density at radius 2 is 1.72 bits per heavy atom. The molecule has 1 amide bonds. The number of carbonyl (C=O) groups excluding carboxylic acids is 1. The van der Waals surface area contributed by atoms with Gasteiger partial charge in [0, 0.05) is 49.4 Å². The van der Waals surface area contributed by atoms with Gasteiger partial charge in [-0.05, 0) is 42.0 Å². The minimum absolute atomic E-state index is 0.0227. The van der Waals surface area contributed by atoms with E-state index in [0.717, 1.165) is 0 Å². The Bertz CT molecular complexity index is 1050. The first kappa shape index (κ1) is 21.0. The van der Waals surface area contributed by atoms with Crippen molar-refractivity contribution in [2.24, 2.45) is 0 Å². The summed E-state index contributed by atoms with van der Waals surface area (Å²) in [5, 5.41) is 11.0. The standard InChI is InChI=1S/C19H18ClN3O5S/c20-16-2-1-3-18(14-16)29(27,28)22-12-10-21(11-13-22)19(24)9-6-15-4-7-17(8-5-15)23(25)26/h1-9,14H,10-13H2/b9-6+. The van der Waals surface area contributed by atoms with Crippen LogP contribution in [0.5, 0.6) is 0 Å². The molecule has 2 aromatic rings. The maximum Gasteiger partial charge on any atom is 0.269 e. The molecule has 1 saturated heterocycles. The van der Waals surface area contributed by atoms with Crippen molar-refractivity contribution in [1.82, 2.24) is 9.21 Å². The van der Waals surface area contributed by atoms with Gasteiger partial charge in [0.25, 0.3) is 5.69 Å². The van der Waals surface area contributed by atoms with Crippen molar-refractivity contribution < 1.29 is 18.1 Å². The van der Waals surface area contributed by atoms with Gasteiger partial charge in [-0.15, -0.1) is 0 Å². The molecule has 3 rings (SSSR count). The van der Waals surface area contributed by atoms with Gasteiger partial charge in [-0.3, -0.25) is 14.9 Å². The van der Waals surface area contributed by atoms with Gasteiger partial charge in [-0.25, -0.2) is 8.42 Å². The summed E-state index contributed by atoms with van der Waals surface area (Å²) in [6.45, 7) is 0.907. The monoisotopic (exact) mass is 435 g/mol. The number of sulfonamides is 1. The number of piperazine rings is 1. The van der Waals surface area contributed by atoms with Crippen molar-refractivity contribution in [2.45, 2.75) is 4.90 Å². The second-order valence-electron chi connectivity index (χ2n) is 6.37. The van der Waals surface area contributed by atoms with Gasteiger partial charge in [0.05, 0.1) is 9.82 Å². The van der Waals surface area contributed by atoms with Gasteiger partial charge in [0.15, 0.2) is 0 Å². The van der Waals surface area contributed by atoms with Crippen LogP contribution in [0.15, 0.2) is 59.5 Å². The number of rotatable bonds is 5. The fourth-order valence-electron chi connectivity index (χ4n) is 2.91. The smallest absolute Gasteiger partial charge is 0.269 e. The van der Waals surface area contributed by atoms with Crippen LogP contribution < -0.4 is 0 Å². The SMILES string of the molecule is O=C(/C=C/c1ccc([N+](=O)[O-])cc1)N1CCN(S(=O)(=O)c2cccc(Cl)c2)CC1. The van der Waals surface area contributed by atoms with Crippen molar-refractivity contribution in [3.8, 4) is 0 Å². The van der Waals surface area contributed by atoms with Gasteiger partial charge < -0.3 is 4.90 Å². The highest BCUT2D eigenvalue weighted by Crippen LogP contribution is 2.21. The second kappa shape index (κ2) is 8.73. The molecule has 0 atom stereocenters. The molecule has 0 aliphatic carbocycles. The minimum Gasteiger partial charge on any atom is -0.337 e. The van der Waals surface area contributed by atoms with Crippen LogP contribution in [-0.4, -0.2) is 54.6 Å². The molecule has 0 aromatic heterocycles. The molecule has 2 aromatic carbocycles. The molecule has 1 aliphatic rings. The van der Waals surface area contributed by atoms with Crippen LogP contribution in [0.25, 0.3) is 6.08 Å². The number of non-ortho nitro benzene ring substituents is 1. The van der Waals surface area contributed by atoms with Crippen LogP contribution in [0.2, 0.25) is 5.02 Å². The molecular weight excluding hydrogens is 418 g/mol. The number of nitrogens with zero attached hydrogens (tertiary/aromatic N) is 3. The van der Waals surface area contributed by atoms with E-state index in [9.17, 15) is 23.3 Å². The lowest BCUT2D eigenvalue weighted by Crippen LogP contribution is -2.50. The Morgan fingerprint density at radius 1 is 1.07 bits per heavy atom. The number of benzene rings is 2. The maximum absolute atomic E-state index is 12.7. The average molecular weight is 436 g/mol. The number of hydrogen-bond donors (Lipinski definition) is 0. The fourth-order valence-corrected chi connectivity index (χ4v) is 4.63. The van der Waals surface area contributed by atoms with E-state index >= 15 is 0 Å². The fraction of sp³-hybridized carbons (Fsp3) is 0.211. The summed E-state index contributed by atoms with van der Waals surface area (Å²) in [5.74, 6) is -0.247. The van der Waals surface area contributed by atoms with Gasteiger partial charge >= 0.3 is 0 Å². The van der Waals surface area contributed by atoms with E-state index < -0.39 is 14.9 Å². The lowest BCUT2D eigenvalue weighted by atomic mass is 10.2. The number of amides is 1. The Kier molecular flexibility index (Phi) is 6.31. The van der Waals surface area contributed by atoms with Crippen LogP contribution in [0, 0.1) is 10.1 Å². The molecule has 0 spiro atoms. The van der Waals surface area contributed by atoms with E-state index in [0.29, 0.717) is 10.6 Å². The number of halogens is 1. The van der Waals surface area contributed by atoms with Crippen LogP contribution >= 0.6 is 11.6 Å². The summed E-state index contributed by atoms with van der Waals surface area (Å²) < 4.78 is 26.7. The molecule has 0 N–H and O–H groups in total. The highest BCUT2D eigenvalue weighted by atomic mass is 35.5. The predicted molar refractivity (Wildman–Crippen MR) is 109 cm³/mol. The quantitative estimate of drug-likeness (QED) is 0.408. The zero-order valence-electron chi connectivity index (χ0n) is 15.3. The maximum atomic E-state index is 12.7. The number of hydrogen-bond acceptors (Lipinski definition) is 5. The topological polar surface area (TPSA) is 101 Å². The second-order valence-corrected chi connectivity index (χ2v) is 8.74. The molecule has 1 heterocycles. The first-order chi connectivity index (χ1) is 13.8. The van der Waals surface area contributed by atoms with Gasteiger partial charge in [0.2, 0.25) is 15.9 Å². The van der Waals surface area contributed by atoms with Crippen LogP contribution in [0.3, 0.4) is 0 Å². The zero-order chi connectivity index (χ0) is 21.0. The van der Waals surface area contributed by atoms with Crippen molar-refractivity contribution in [2.75, 3.05) is 26.2 Å². The molecule has 10 heteroatoms. The highest BCUT2D eigenvalue weighted by Gasteiger charge is 2.29. The van der Waals surface area contributed by atoms with Crippen LogP contribution in [-0.2, 0) is 14.8 Å². The van der Waals surface area contributed by atoms with Crippen LogP contribution in [0.1, 0.15) is 5.56 Å². The summed E-state index contributed by atoms with van der Waals surface area (Å²) in [7, 11) is -3.66. The van der Waals surface area contributed by atoms with Crippen molar-refractivity contribution in [1.29, 1.82) is 0 Å². The Hall–Kier alpha value is -2.75. The van der Waals surface area contributed by atoms with E-state index in [4.69, 9.17) is 11.6 Å². The molecule has 1 fully saturated rings. The first-order valence-electron chi connectivity index (χ1n) is 8.74. The Labute approximate surface area is 173 Å². The molecule has 0 saturated carbocycles. The number of nitro benzene ring substituents is 1. The first-order valence-corrected chi connectivity index (χ1v) is 10.6. The highest BCUT2D eigenvalue weighted by molar-refractivity contribution is 7.89. The zero-order valence-corrected chi connectivity index (χ0v) is 16.8. The van der Waals surface area contributed by atoms with E-state index in [-0.39, 0.29) is 42.7 Å². The molecule has 8 nitrogen and oxygen atoms in total. The minimum atomic E-state index is -3.66. The van der Waals surface area contributed by atoms with E-state index in [2.05, 4.69) is 0 Å². The normalized spacial score (nSPS) is 15.6. The summed E-state index contributed by atoms with van der Waals surface area (Å²) >= 11 is 5.89. The molecule has 0 unspecified atom stereocenters. The third kappa shape index (κ3) is 5.00. The Balaban J connectivity index is 1.60.